The van der Waals surface area contributed by atoms with Crippen molar-refractivity contribution >= 4 is 29.5 Å². The molecule has 1 aliphatic heterocycles. The highest BCUT2D eigenvalue weighted by Gasteiger charge is 2.28. The zero-order chi connectivity index (χ0) is 19.4. The van der Waals surface area contributed by atoms with Crippen molar-refractivity contribution in [1.82, 2.24) is 19.9 Å². The molecule has 1 amide bonds. The standard InChI is InChI=1S/C17H19ClN6O2S/c18-13-14(22-15(23-16(13)25)11-1-5-21-6-2-11)10-3-7-24(8-4-10)17(26)12(19)9-27-20/h1-2,5-6,9-10H,3-4,7-8,19-20H2,(H,22,23,25)/b12-9-. The molecule has 0 aliphatic carbocycles. The Morgan fingerprint density at radius 2 is 2.00 bits per heavy atom. The van der Waals surface area contributed by atoms with Crippen LogP contribution in [0.3, 0.4) is 0 Å². The van der Waals surface area contributed by atoms with Gasteiger partial charge in [0.25, 0.3) is 11.5 Å². The summed E-state index contributed by atoms with van der Waals surface area (Å²) in [7, 11) is 0. The van der Waals surface area contributed by atoms with Crippen molar-refractivity contribution in [1.29, 1.82) is 0 Å². The lowest BCUT2D eigenvalue weighted by Crippen LogP contribution is -2.40. The van der Waals surface area contributed by atoms with Gasteiger partial charge in [0.15, 0.2) is 0 Å². The number of carbonyl (C=O) groups excluding carboxylic acids is 1. The lowest BCUT2D eigenvalue weighted by Gasteiger charge is -2.32. The second-order valence-corrected chi connectivity index (χ2v) is 7.01. The number of nitrogens with two attached hydrogens (primary N) is 2. The van der Waals surface area contributed by atoms with Gasteiger partial charge in [0.2, 0.25) is 0 Å². The molecule has 1 saturated heterocycles. The number of piperidine rings is 1. The molecule has 142 valence electrons. The Balaban J connectivity index is 1.80. The molecule has 10 heteroatoms. The van der Waals surface area contributed by atoms with Crippen LogP contribution in [0.15, 0.2) is 40.4 Å². The van der Waals surface area contributed by atoms with Crippen LogP contribution in [0, 0.1) is 0 Å². The molecule has 1 aliphatic rings. The number of rotatable bonds is 4. The first-order chi connectivity index (χ1) is 13.0. The largest absolute Gasteiger partial charge is 0.394 e. The van der Waals surface area contributed by atoms with E-state index in [-0.39, 0.29) is 28.1 Å². The van der Waals surface area contributed by atoms with E-state index in [1.165, 1.54) is 5.41 Å². The third-order valence-electron chi connectivity index (χ3n) is 4.45. The van der Waals surface area contributed by atoms with Crippen LogP contribution in [-0.4, -0.2) is 38.8 Å². The zero-order valence-corrected chi connectivity index (χ0v) is 16.0. The number of hydrogen-bond acceptors (Lipinski definition) is 7. The van der Waals surface area contributed by atoms with Gasteiger partial charge in [-0.3, -0.25) is 19.7 Å². The van der Waals surface area contributed by atoms with E-state index in [9.17, 15) is 9.59 Å². The maximum absolute atomic E-state index is 12.3. The SMILES string of the molecule is NS/C=C(\N)C(=O)N1CCC(c2nc(-c3ccncc3)[nH]c(=O)c2Cl)CC1. The first kappa shape index (κ1) is 19.4. The van der Waals surface area contributed by atoms with Gasteiger partial charge in [0.05, 0.1) is 5.69 Å². The number of nitrogens with zero attached hydrogens (tertiary/aromatic N) is 3. The summed E-state index contributed by atoms with van der Waals surface area (Å²) in [5, 5.41) is 6.83. The minimum Gasteiger partial charge on any atom is -0.394 e. The van der Waals surface area contributed by atoms with Crippen molar-refractivity contribution < 1.29 is 4.79 Å². The second kappa shape index (κ2) is 8.55. The first-order valence-corrected chi connectivity index (χ1v) is 9.64. The van der Waals surface area contributed by atoms with Crippen molar-refractivity contribution in [2.75, 3.05) is 13.1 Å². The summed E-state index contributed by atoms with van der Waals surface area (Å²) in [6.07, 6.45) is 4.54. The van der Waals surface area contributed by atoms with Gasteiger partial charge < -0.3 is 15.6 Å². The quantitative estimate of drug-likeness (QED) is 0.519. The Morgan fingerprint density at radius 1 is 1.33 bits per heavy atom. The molecule has 3 rings (SSSR count). The molecule has 0 saturated carbocycles. The van der Waals surface area contributed by atoms with Crippen LogP contribution in [-0.2, 0) is 4.79 Å². The van der Waals surface area contributed by atoms with E-state index in [1.54, 1.807) is 29.4 Å². The highest BCUT2D eigenvalue weighted by Crippen LogP contribution is 2.31. The normalized spacial score (nSPS) is 15.8. The summed E-state index contributed by atoms with van der Waals surface area (Å²) in [5.74, 6) is 0.194. The lowest BCUT2D eigenvalue weighted by atomic mass is 9.93. The molecule has 1 fully saturated rings. The molecule has 0 atom stereocenters. The summed E-state index contributed by atoms with van der Waals surface area (Å²) in [5.41, 5.74) is 6.77. The minimum absolute atomic E-state index is 0.0153. The van der Waals surface area contributed by atoms with E-state index in [1.807, 2.05) is 0 Å². The van der Waals surface area contributed by atoms with Gasteiger partial charge in [-0.2, -0.15) is 0 Å². The molecular formula is C17H19ClN6O2S. The van der Waals surface area contributed by atoms with Crippen LogP contribution < -0.4 is 16.4 Å². The Bertz CT molecular complexity index is 909. The van der Waals surface area contributed by atoms with E-state index < -0.39 is 0 Å². The molecular weight excluding hydrogens is 388 g/mol. The van der Waals surface area contributed by atoms with E-state index in [2.05, 4.69) is 15.0 Å². The predicted octanol–water partition coefficient (Wildman–Crippen LogP) is 1.60. The number of aromatic amines is 1. The molecule has 0 radical (unpaired) electrons. The number of amides is 1. The van der Waals surface area contributed by atoms with Gasteiger partial charge in [0, 0.05) is 42.4 Å². The monoisotopic (exact) mass is 406 g/mol. The van der Waals surface area contributed by atoms with E-state index in [4.69, 9.17) is 22.5 Å². The maximum atomic E-state index is 12.3. The number of hydrogen-bond donors (Lipinski definition) is 3. The van der Waals surface area contributed by atoms with Crippen molar-refractivity contribution in [3.63, 3.8) is 0 Å². The van der Waals surface area contributed by atoms with E-state index in [0.29, 0.717) is 37.4 Å². The molecule has 0 spiro atoms. The van der Waals surface area contributed by atoms with Gasteiger partial charge >= 0.3 is 0 Å². The van der Waals surface area contributed by atoms with Crippen molar-refractivity contribution in [2.45, 2.75) is 18.8 Å². The number of nitrogens with one attached hydrogen (secondary N) is 1. The van der Waals surface area contributed by atoms with E-state index in [0.717, 1.165) is 17.5 Å². The number of halogens is 1. The molecule has 3 heterocycles. The van der Waals surface area contributed by atoms with Crippen LogP contribution in [0.2, 0.25) is 5.02 Å². The molecule has 27 heavy (non-hydrogen) atoms. The number of likely N-dealkylation sites (tertiary alicyclic amines) is 1. The summed E-state index contributed by atoms with van der Waals surface area (Å²) in [6.45, 7) is 1.01. The van der Waals surface area contributed by atoms with Crippen LogP contribution in [0.4, 0.5) is 0 Å². The summed E-state index contributed by atoms with van der Waals surface area (Å²) < 4.78 is 0. The third-order valence-corrected chi connectivity index (χ3v) is 5.21. The molecule has 8 nitrogen and oxygen atoms in total. The van der Waals surface area contributed by atoms with Crippen LogP contribution in [0.5, 0.6) is 0 Å². The fourth-order valence-corrected chi connectivity index (χ4v) is 3.55. The van der Waals surface area contributed by atoms with Crippen LogP contribution in [0.1, 0.15) is 24.5 Å². The first-order valence-electron chi connectivity index (χ1n) is 8.31. The van der Waals surface area contributed by atoms with Crippen molar-refractivity contribution in [3.8, 4) is 11.4 Å². The molecule has 5 N–H and O–H groups in total. The van der Waals surface area contributed by atoms with Crippen LogP contribution in [0.25, 0.3) is 11.4 Å². The molecule has 2 aromatic heterocycles. The topological polar surface area (TPSA) is 131 Å². The van der Waals surface area contributed by atoms with Gasteiger partial charge in [-0.05, 0) is 25.0 Å². The number of pyridine rings is 1. The molecule has 0 aromatic carbocycles. The van der Waals surface area contributed by atoms with Gasteiger partial charge in [0.1, 0.15) is 16.5 Å². The Hall–Kier alpha value is -2.36. The summed E-state index contributed by atoms with van der Waals surface area (Å²) in [4.78, 5) is 37.4. The highest BCUT2D eigenvalue weighted by molar-refractivity contribution is 8.00. The predicted molar refractivity (Wildman–Crippen MR) is 106 cm³/mol. The van der Waals surface area contributed by atoms with Gasteiger partial charge in [-0.25, -0.2) is 4.98 Å². The lowest BCUT2D eigenvalue weighted by molar-refractivity contribution is -0.128. The van der Waals surface area contributed by atoms with E-state index >= 15 is 0 Å². The minimum atomic E-state index is -0.376. The Labute approximate surface area is 165 Å². The summed E-state index contributed by atoms with van der Waals surface area (Å²) in [6, 6.07) is 3.53. The molecule has 0 bridgehead atoms. The van der Waals surface area contributed by atoms with Gasteiger partial charge in [-0.1, -0.05) is 23.5 Å². The zero-order valence-electron chi connectivity index (χ0n) is 14.4. The average molecular weight is 407 g/mol. The van der Waals surface area contributed by atoms with Crippen molar-refractivity contribution in [3.05, 3.63) is 56.7 Å². The number of aromatic nitrogens is 3. The fourth-order valence-electron chi connectivity index (χ4n) is 3.06. The van der Waals surface area contributed by atoms with Crippen molar-refractivity contribution in [2.24, 2.45) is 10.9 Å². The maximum Gasteiger partial charge on any atom is 0.270 e. The highest BCUT2D eigenvalue weighted by atomic mass is 35.5. The summed E-state index contributed by atoms with van der Waals surface area (Å²) >= 11 is 7.13. The Kier molecular flexibility index (Phi) is 6.15. The number of carbonyl (C=O) groups is 1. The third kappa shape index (κ3) is 4.32. The average Bonchev–Trinajstić information content (AvgIpc) is 2.70. The smallest absolute Gasteiger partial charge is 0.270 e. The fraction of sp³-hybridized carbons (Fsp3) is 0.294. The second-order valence-electron chi connectivity index (χ2n) is 6.13. The Morgan fingerprint density at radius 3 is 2.63 bits per heavy atom. The van der Waals surface area contributed by atoms with Crippen LogP contribution >= 0.6 is 23.5 Å². The molecule has 0 unspecified atom stereocenters. The molecule has 2 aromatic rings. The van der Waals surface area contributed by atoms with Gasteiger partial charge in [-0.15, -0.1) is 0 Å². The number of H-pyrrole nitrogens is 1.